The Kier molecular flexibility index (Phi) is 2.99. The highest BCUT2D eigenvalue weighted by atomic mass is 19.1. The van der Waals surface area contributed by atoms with Crippen LogP contribution in [0.2, 0.25) is 0 Å². The first-order valence-electron chi connectivity index (χ1n) is 6.31. The first-order chi connectivity index (χ1) is 9.65. The molecule has 0 atom stereocenters. The van der Waals surface area contributed by atoms with Gasteiger partial charge < -0.3 is 11.1 Å². The lowest BCUT2D eigenvalue weighted by Gasteiger charge is -2.12. The minimum atomic E-state index is -0.224. The maximum absolute atomic E-state index is 13.6. The SMILES string of the molecule is Cc1c(F)cccc1Nc1ccnc2cc(N)ccc12. The first-order valence-corrected chi connectivity index (χ1v) is 6.31. The van der Waals surface area contributed by atoms with Gasteiger partial charge in [-0.1, -0.05) is 6.07 Å². The van der Waals surface area contributed by atoms with E-state index in [1.54, 1.807) is 19.2 Å². The van der Waals surface area contributed by atoms with Crippen molar-refractivity contribution in [1.29, 1.82) is 0 Å². The van der Waals surface area contributed by atoms with E-state index in [0.717, 1.165) is 22.3 Å². The maximum atomic E-state index is 13.6. The van der Waals surface area contributed by atoms with Gasteiger partial charge in [0.1, 0.15) is 5.82 Å². The average Bonchev–Trinajstić information content (AvgIpc) is 2.44. The van der Waals surface area contributed by atoms with Crippen LogP contribution in [0.5, 0.6) is 0 Å². The molecule has 0 aliphatic carbocycles. The van der Waals surface area contributed by atoms with E-state index in [1.807, 2.05) is 30.3 Å². The fraction of sp³-hybridized carbons (Fsp3) is 0.0625. The number of nitrogen functional groups attached to an aromatic ring is 1. The summed E-state index contributed by atoms with van der Waals surface area (Å²) in [6.45, 7) is 1.75. The van der Waals surface area contributed by atoms with Crippen LogP contribution in [-0.2, 0) is 0 Å². The Morgan fingerprint density at radius 1 is 1.10 bits per heavy atom. The van der Waals surface area contributed by atoms with E-state index in [-0.39, 0.29) is 5.82 Å². The number of hydrogen-bond donors (Lipinski definition) is 2. The first kappa shape index (κ1) is 12.4. The Morgan fingerprint density at radius 3 is 2.80 bits per heavy atom. The summed E-state index contributed by atoms with van der Waals surface area (Å²) < 4.78 is 13.6. The number of hydrogen-bond acceptors (Lipinski definition) is 3. The molecule has 4 heteroatoms. The molecule has 1 aromatic heterocycles. The summed E-state index contributed by atoms with van der Waals surface area (Å²) in [6.07, 6.45) is 1.71. The van der Waals surface area contributed by atoms with Gasteiger partial charge in [0.15, 0.2) is 0 Å². The lowest BCUT2D eigenvalue weighted by Crippen LogP contribution is -1.97. The molecule has 1 heterocycles. The van der Waals surface area contributed by atoms with Crippen molar-refractivity contribution in [3.63, 3.8) is 0 Å². The molecule has 0 radical (unpaired) electrons. The second-order valence-electron chi connectivity index (χ2n) is 4.67. The summed E-state index contributed by atoms with van der Waals surface area (Å²) in [7, 11) is 0. The fourth-order valence-electron chi connectivity index (χ4n) is 2.16. The van der Waals surface area contributed by atoms with Crippen molar-refractivity contribution in [3.8, 4) is 0 Å². The van der Waals surface area contributed by atoms with E-state index in [0.29, 0.717) is 11.3 Å². The zero-order valence-corrected chi connectivity index (χ0v) is 11.0. The zero-order valence-electron chi connectivity index (χ0n) is 11.0. The Balaban J connectivity index is 2.09. The molecule has 0 bridgehead atoms. The molecule has 3 nitrogen and oxygen atoms in total. The lowest BCUT2D eigenvalue weighted by atomic mass is 10.1. The summed E-state index contributed by atoms with van der Waals surface area (Å²) in [6, 6.07) is 12.4. The number of aromatic nitrogens is 1. The Morgan fingerprint density at radius 2 is 1.95 bits per heavy atom. The number of nitrogens with two attached hydrogens (primary N) is 1. The molecule has 0 spiro atoms. The number of halogens is 1. The zero-order chi connectivity index (χ0) is 14.1. The van der Waals surface area contributed by atoms with Gasteiger partial charge >= 0.3 is 0 Å². The van der Waals surface area contributed by atoms with Gasteiger partial charge in [-0.2, -0.15) is 0 Å². The Bertz CT molecular complexity index is 784. The third-order valence-corrected chi connectivity index (χ3v) is 3.30. The van der Waals surface area contributed by atoms with Crippen molar-refractivity contribution < 1.29 is 4.39 Å². The minimum Gasteiger partial charge on any atom is -0.399 e. The fourth-order valence-corrected chi connectivity index (χ4v) is 2.16. The monoisotopic (exact) mass is 267 g/mol. The van der Waals surface area contributed by atoms with Crippen molar-refractivity contribution in [3.05, 3.63) is 60.0 Å². The molecule has 0 amide bonds. The number of rotatable bonds is 2. The number of nitrogens with zero attached hydrogens (tertiary/aromatic N) is 1. The van der Waals surface area contributed by atoms with Gasteiger partial charge in [0.05, 0.1) is 5.52 Å². The topological polar surface area (TPSA) is 50.9 Å². The molecule has 0 saturated heterocycles. The minimum absolute atomic E-state index is 0.224. The molecule has 2 aromatic carbocycles. The number of fused-ring (bicyclic) bond motifs is 1. The van der Waals surface area contributed by atoms with Crippen molar-refractivity contribution >= 4 is 28.0 Å². The van der Waals surface area contributed by atoms with Crippen LogP contribution < -0.4 is 11.1 Å². The van der Waals surface area contributed by atoms with Crippen LogP contribution in [0.1, 0.15) is 5.56 Å². The van der Waals surface area contributed by atoms with E-state index in [2.05, 4.69) is 10.3 Å². The molecule has 100 valence electrons. The highest BCUT2D eigenvalue weighted by Gasteiger charge is 2.06. The molecule has 0 saturated carbocycles. The van der Waals surface area contributed by atoms with Gasteiger partial charge in [-0.25, -0.2) is 4.39 Å². The maximum Gasteiger partial charge on any atom is 0.128 e. The van der Waals surface area contributed by atoms with Gasteiger partial charge in [0.25, 0.3) is 0 Å². The van der Waals surface area contributed by atoms with Gasteiger partial charge in [-0.3, -0.25) is 4.98 Å². The highest BCUT2D eigenvalue weighted by molar-refractivity contribution is 5.94. The smallest absolute Gasteiger partial charge is 0.128 e. The normalized spacial score (nSPS) is 10.7. The van der Waals surface area contributed by atoms with Crippen LogP contribution in [0.25, 0.3) is 10.9 Å². The van der Waals surface area contributed by atoms with E-state index in [9.17, 15) is 4.39 Å². The van der Waals surface area contributed by atoms with Gasteiger partial charge in [0.2, 0.25) is 0 Å². The molecule has 0 aliphatic rings. The molecule has 3 N–H and O–H groups in total. The third-order valence-electron chi connectivity index (χ3n) is 3.30. The molecular weight excluding hydrogens is 253 g/mol. The highest BCUT2D eigenvalue weighted by Crippen LogP contribution is 2.28. The largest absolute Gasteiger partial charge is 0.399 e. The van der Waals surface area contributed by atoms with Gasteiger partial charge in [-0.05, 0) is 43.3 Å². The molecule has 3 rings (SSSR count). The van der Waals surface area contributed by atoms with Crippen LogP contribution >= 0.6 is 0 Å². The second kappa shape index (κ2) is 4.81. The molecule has 0 fully saturated rings. The van der Waals surface area contributed by atoms with Crippen LogP contribution in [0.15, 0.2) is 48.7 Å². The predicted molar refractivity (Wildman–Crippen MR) is 80.6 cm³/mol. The number of nitrogens with one attached hydrogen (secondary N) is 1. The Labute approximate surface area is 116 Å². The third kappa shape index (κ3) is 2.16. The van der Waals surface area contributed by atoms with Crippen molar-refractivity contribution in [2.24, 2.45) is 0 Å². The summed E-state index contributed by atoms with van der Waals surface area (Å²) >= 11 is 0. The van der Waals surface area contributed by atoms with Crippen molar-refractivity contribution in [1.82, 2.24) is 4.98 Å². The quantitative estimate of drug-likeness (QED) is 0.690. The van der Waals surface area contributed by atoms with Crippen molar-refractivity contribution in [2.45, 2.75) is 6.92 Å². The molecule has 20 heavy (non-hydrogen) atoms. The van der Waals surface area contributed by atoms with E-state index < -0.39 is 0 Å². The van der Waals surface area contributed by atoms with Crippen LogP contribution in [0.3, 0.4) is 0 Å². The van der Waals surface area contributed by atoms with Crippen LogP contribution in [0.4, 0.5) is 21.5 Å². The predicted octanol–water partition coefficient (Wildman–Crippen LogP) is 4.01. The van der Waals surface area contributed by atoms with Gasteiger partial charge in [0, 0.05) is 34.2 Å². The molecule has 3 aromatic rings. The molecule has 0 unspecified atom stereocenters. The number of benzene rings is 2. The second-order valence-corrected chi connectivity index (χ2v) is 4.67. The van der Waals surface area contributed by atoms with Crippen LogP contribution in [-0.4, -0.2) is 4.98 Å². The number of anilines is 3. The Hall–Kier alpha value is -2.62. The standard InChI is InChI=1S/C16H14FN3/c1-10-13(17)3-2-4-14(10)20-15-7-8-19-16-9-11(18)5-6-12(15)16/h2-9H,18H2,1H3,(H,19,20). The van der Waals surface area contributed by atoms with E-state index in [1.165, 1.54) is 6.07 Å². The lowest BCUT2D eigenvalue weighted by molar-refractivity contribution is 0.619. The van der Waals surface area contributed by atoms with E-state index in [4.69, 9.17) is 5.73 Å². The van der Waals surface area contributed by atoms with Gasteiger partial charge in [-0.15, -0.1) is 0 Å². The van der Waals surface area contributed by atoms with Crippen molar-refractivity contribution in [2.75, 3.05) is 11.1 Å². The number of pyridine rings is 1. The van der Waals surface area contributed by atoms with Crippen LogP contribution in [0, 0.1) is 12.7 Å². The van der Waals surface area contributed by atoms with E-state index >= 15 is 0 Å². The molecule has 0 aliphatic heterocycles. The summed E-state index contributed by atoms with van der Waals surface area (Å²) in [4.78, 5) is 4.29. The summed E-state index contributed by atoms with van der Waals surface area (Å²) in [5.41, 5.74) is 9.45. The molecular formula is C16H14FN3. The summed E-state index contributed by atoms with van der Waals surface area (Å²) in [5, 5.41) is 4.20. The summed E-state index contributed by atoms with van der Waals surface area (Å²) in [5.74, 6) is -0.224. The average molecular weight is 267 g/mol.